The molecule has 0 unspecified atom stereocenters. The maximum atomic E-state index is 12.2. The molecule has 0 spiro atoms. The van der Waals surface area contributed by atoms with Crippen molar-refractivity contribution in [3.8, 4) is 0 Å². The lowest BCUT2D eigenvalue weighted by molar-refractivity contribution is -0.139. The van der Waals surface area contributed by atoms with E-state index in [9.17, 15) is 19.2 Å². The van der Waals surface area contributed by atoms with Crippen LogP contribution in [0.2, 0.25) is 0 Å². The van der Waals surface area contributed by atoms with Crippen LogP contribution in [0, 0.1) is 0 Å². The second-order valence-corrected chi connectivity index (χ2v) is 4.04. The van der Waals surface area contributed by atoms with Crippen molar-refractivity contribution in [2.75, 3.05) is 14.2 Å². The topological polar surface area (TPSA) is 90.0 Å². The summed E-state index contributed by atoms with van der Waals surface area (Å²) in [4.78, 5) is 48.2. The Kier molecular flexibility index (Phi) is 3.84. The van der Waals surface area contributed by atoms with Gasteiger partial charge in [0.15, 0.2) is 0 Å². The Balaban J connectivity index is 2.51. The van der Waals surface area contributed by atoms with Gasteiger partial charge >= 0.3 is 11.9 Å². The van der Waals surface area contributed by atoms with E-state index < -0.39 is 29.5 Å². The molecule has 0 radical (unpaired) electrons. The molecule has 21 heavy (non-hydrogen) atoms. The zero-order chi connectivity index (χ0) is 15.6. The van der Waals surface area contributed by atoms with Crippen LogP contribution in [0.1, 0.15) is 20.7 Å². The molecular weight excluding hydrogens is 278 g/mol. The number of hydrogen-bond donors (Lipinski definition) is 0. The van der Waals surface area contributed by atoms with Gasteiger partial charge in [-0.3, -0.25) is 9.59 Å². The van der Waals surface area contributed by atoms with Crippen LogP contribution in [0.5, 0.6) is 0 Å². The monoisotopic (exact) mass is 289 g/mol. The van der Waals surface area contributed by atoms with Crippen molar-refractivity contribution in [3.63, 3.8) is 0 Å². The summed E-state index contributed by atoms with van der Waals surface area (Å²) in [7, 11) is 2.18. The lowest BCUT2D eigenvalue weighted by atomic mass is 10.1. The van der Waals surface area contributed by atoms with E-state index in [-0.39, 0.29) is 11.1 Å². The van der Waals surface area contributed by atoms with Gasteiger partial charge in [0.05, 0.1) is 31.4 Å². The SMILES string of the molecule is COC(=O)/C=C(\C(=O)OC)N1C(=O)c2ccccc2C1=O. The molecule has 1 aliphatic heterocycles. The third-order valence-electron chi connectivity index (χ3n) is 2.89. The molecule has 7 nitrogen and oxygen atoms in total. The molecule has 0 saturated heterocycles. The summed E-state index contributed by atoms with van der Waals surface area (Å²) in [5.41, 5.74) is -0.181. The van der Waals surface area contributed by atoms with Gasteiger partial charge in [0.1, 0.15) is 5.70 Å². The van der Waals surface area contributed by atoms with Gasteiger partial charge in [-0.25, -0.2) is 14.5 Å². The number of hydrogen-bond acceptors (Lipinski definition) is 6. The average molecular weight is 289 g/mol. The summed E-state index contributed by atoms with van der Waals surface area (Å²) in [6, 6.07) is 6.11. The van der Waals surface area contributed by atoms with E-state index in [0.717, 1.165) is 20.3 Å². The summed E-state index contributed by atoms with van der Waals surface area (Å²) in [5, 5.41) is 0. The maximum absolute atomic E-state index is 12.2. The number of nitrogens with zero attached hydrogens (tertiary/aromatic N) is 1. The predicted molar refractivity (Wildman–Crippen MR) is 69.1 cm³/mol. The minimum absolute atomic E-state index is 0.155. The van der Waals surface area contributed by atoms with Crippen LogP contribution < -0.4 is 0 Å². The number of carbonyl (C=O) groups excluding carboxylic acids is 4. The Hall–Kier alpha value is -2.96. The Morgan fingerprint density at radius 1 is 1.00 bits per heavy atom. The largest absolute Gasteiger partial charge is 0.466 e. The number of benzene rings is 1. The highest BCUT2D eigenvalue weighted by Gasteiger charge is 2.40. The normalized spacial score (nSPS) is 14.0. The minimum Gasteiger partial charge on any atom is -0.466 e. The van der Waals surface area contributed by atoms with Gasteiger partial charge in [-0.05, 0) is 12.1 Å². The number of methoxy groups -OCH3 is 2. The van der Waals surface area contributed by atoms with Gasteiger partial charge in [-0.15, -0.1) is 0 Å². The summed E-state index contributed by atoms with van der Waals surface area (Å²) in [6.07, 6.45) is 0.744. The van der Waals surface area contributed by atoms with Crippen LogP contribution in [0.4, 0.5) is 0 Å². The molecule has 0 fully saturated rings. The van der Waals surface area contributed by atoms with Gasteiger partial charge in [0, 0.05) is 0 Å². The summed E-state index contributed by atoms with van der Waals surface area (Å²) in [6.45, 7) is 0. The average Bonchev–Trinajstić information content (AvgIpc) is 2.76. The standard InChI is InChI=1S/C14H11NO6/c1-20-11(16)7-10(14(19)21-2)15-12(17)8-5-3-4-6-9(8)13(15)18/h3-7H,1-2H3/b10-7+. The third-order valence-corrected chi connectivity index (χ3v) is 2.89. The first-order chi connectivity index (χ1) is 10.0. The van der Waals surface area contributed by atoms with Crippen molar-refractivity contribution in [2.45, 2.75) is 0 Å². The van der Waals surface area contributed by atoms with Gasteiger partial charge in [0.25, 0.3) is 11.8 Å². The van der Waals surface area contributed by atoms with Crippen LogP contribution in [0.15, 0.2) is 36.0 Å². The fourth-order valence-corrected chi connectivity index (χ4v) is 1.90. The number of esters is 2. The molecule has 1 aromatic carbocycles. The van der Waals surface area contributed by atoms with E-state index in [0.29, 0.717) is 4.90 Å². The van der Waals surface area contributed by atoms with Crippen LogP contribution in [0.3, 0.4) is 0 Å². The van der Waals surface area contributed by atoms with Crippen molar-refractivity contribution in [2.24, 2.45) is 0 Å². The summed E-state index contributed by atoms with van der Waals surface area (Å²) < 4.78 is 8.91. The van der Waals surface area contributed by atoms with Gasteiger partial charge < -0.3 is 9.47 Å². The molecule has 108 valence electrons. The first-order valence-corrected chi connectivity index (χ1v) is 5.87. The molecule has 7 heteroatoms. The number of fused-ring (bicyclic) bond motifs is 1. The van der Waals surface area contributed by atoms with Gasteiger partial charge in [0.2, 0.25) is 0 Å². The van der Waals surface area contributed by atoms with E-state index in [1.54, 1.807) is 12.1 Å². The molecule has 2 amide bonds. The van der Waals surface area contributed by atoms with Crippen LogP contribution in [-0.4, -0.2) is 42.9 Å². The van der Waals surface area contributed by atoms with Crippen molar-refractivity contribution >= 4 is 23.8 Å². The Morgan fingerprint density at radius 3 is 1.95 bits per heavy atom. The predicted octanol–water partition coefficient (Wildman–Crippen LogP) is 0.512. The Labute approximate surface area is 119 Å². The molecule has 2 rings (SSSR count). The number of ether oxygens (including phenoxy) is 2. The van der Waals surface area contributed by atoms with E-state index >= 15 is 0 Å². The lowest BCUT2D eigenvalue weighted by Gasteiger charge is -2.15. The highest BCUT2D eigenvalue weighted by atomic mass is 16.5. The summed E-state index contributed by atoms with van der Waals surface area (Å²) >= 11 is 0. The number of rotatable bonds is 3. The van der Waals surface area contributed by atoms with E-state index in [4.69, 9.17) is 0 Å². The Bertz CT molecular complexity index is 641. The summed E-state index contributed by atoms with van der Waals surface area (Å²) in [5.74, 6) is -3.27. The second kappa shape index (κ2) is 5.58. The molecule has 0 atom stereocenters. The van der Waals surface area contributed by atoms with Crippen molar-refractivity contribution in [3.05, 3.63) is 47.2 Å². The maximum Gasteiger partial charge on any atom is 0.355 e. The Morgan fingerprint density at radius 2 is 1.52 bits per heavy atom. The number of imide groups is 1. The zero-order valence-electron chi connectivity index (χ0n) is 11.3. The van der Waals surface area contributed by atoms with Crippen molar-refractivity contribution in [1.82, 2.24) is 4.90 Å². The molecule has 0 saturated carbocycles. The first-order valence-electron chi connectivity index (χ1n) is 5.87. The molecule has 0 aliphatic carbocycles. The van der Waals surface area contributed by atoms with Crippen LogP contribution >= 0.6 is 0 Å². The molecule has 1 heterocycles. The first kappa shape index (κ1) is 14.4. The highest BCUT2D eigenvalue weighted by molar-refractivity contribution is 6.25. The van der Waals surface area contributed by atoms with Crippen molar-refractivity contribution < 1.29 is 28.7 Å². The van der Waals surface area contributed by atoms with E-state index in [2.05, 4.69) is 9.47 Å². The second-order valence-electron chi connectivity index (χ2n) is 4.04. The van der Waals surface area contributed by atoms with Gasteiger partial charge in [-0.1, -0.05) is 12.1 Å². The lowest BCUT2D eigenvalue weighted by Crippen LogP contribution is -2.34. The molecule has 0 N–H and O–H groups in total. The fraction of sp³-hybridized carbons (Fsp3) is 0.143. The van der Waals surface area contributed by atoms with Crippen molar-refractivity contribution in [1.29, 1.82) is 0 Å². The van der Waals surface area contributed by atoms with E-state index in [1.165, 1.54) is 12.1 Å². The fourth-order valence-electron chi connectivity index (χ4n) is 1.90. The molecule has 1 aromatic rings. The minimum atomic E-state index is -0.991. The van der Waals surface area contributed by atoms with Crippen LogP contribution in [-0.2, 0) is 19.1 Å². The smallest absolute Gasteiger partial charge is 0.355 e. The number of amides is 2. The zero-order valence-corrected chi connectivity index (χ0v) is 11.3. The highest BCUT2D eigenvalue weighted by Crippen LogP contribution is 2.26. The molecular formula is C14H11NO6. The van der Waals surface area contributed by atoms with Crippen LogP contribution in [0.25, 0.3) is 0 Å². The third kappa shape index (κ3) is 2.40. The molecule has 1 aliphatic rings. The molecule has 0 bridgehead atoms. The molecule has 0 aromatic heterocycles. The quantitative estimate of drug-likeness (QED) is 0.457. The van der Waals surface area contributed by atoms with E-state index in [1.807, 2.05) is 0 Å². The number of carbonyl (C=O) groups is 4. The van der Waals surface area contributed by atoms with Gasteiger partial charge in [-0.2, -0.15) is 0 Å².